The van der Waals surface area contributed by atoms with Gasteiger partial charge in [0.2, 0.25) is 0 Å². The Kier molecular flexibility index (Phi) is 8.17. The Hall–Kier alpha value is -3.08. The Balaban J connectivity index is 1.65. The molecule has 0 bridgehead atoms. The zero-order chi connectivity index (χ0) is 25.8. The number of benzene rings is 3. The highest BCUT2D eigenvalue weighted by atomic mass is 79.9. The molecule has 0 spiro atoms. The van der Waals surface area contributed by atoms with Gasteiger partial charge in [0.05, 0.1) is 16.8 Å². The van der Waals surface area contributed by atoms with E-state index in [4.69, 9.17) is 21.7 Å². The molecule has 1 aliphatic heterocycles. The van der Waals surface area contributed by atoms with E-state index in [9.17, 15) is 14.0 Å². The van der Waals surface area contributed by atoms with Crippen LogP contribution in [0.25, 0.3) is 6.08 Å². The van der Waals surface area contributed by atoms with Crippen LogP contribution in [0.4, 0.5) is 10.1 Å². The molecule has 1 fully saturated rings. The van der Waals surface area contributed by atoms with E-state index in [0.29, 0.717) is 40.4 Å². The number of hydrogen-bond donors (Lipinski definition) is 1. The van der Waals surface area contributed by atoms with Crippen LogP contribution in [0, 0.1) is 5.82 Å². The summed E-state index contributed by atoms with van der Waals surface area (Å²) in [5.74, 6) is -0.765. The van der Waals surface area contributed by atoms with Crippen LogP contribution in [-0.2, 0) is 16.2 Å². The number of nitrogens with one attached hydrogen (secondary N) is 1. The summed E-state index contributed by atoms with van der Waals surface area (Å²) in [6.45, 7) is 2.54. The second-order valence-electron chi connectivity index (χ2n) is 7.61. The molecule has 0 aromatic heterocycles. The van der Waals surface area contributed by atoms with Gasteiger partial charge in [-0.05, 0) is 101 Å². The normalized spacial score (nSPS) is 14.7. The molecular formula is C26H19Br2FN2O4S. The Morgan fingerprint density at radius 1 is 1.03 bits per heavy atom. The lowest BCUT2D eigenvalue weighted by Gasteiger charge is -2.29. The minimum Gasteiger partial charge on any atom is -0.490 e. The van der Waals surface area contributed by atoms with Crippen molar-refractivity contribution in [2.75, 3.05) is 11.5 Å². The molecule has 0 saturated carbocycles. The number of ether oxygens (including phenoxy) is 2. The number of amides is 2. The fourth-order valence-corrected chi connectivity index (χ4v) is 4.58. The standard InChI is InChI=1S/C26H19Br2FN2O4S/c1-2-34-22-13-16(12-21(28)23(22)35-14-15-3-5-17(27)6-4-15)11-20-24(32)30-26(36)31(25(20)33)19-9-7-18(29)8-10-19/h3-13H,2,14H2,1H3,(H,30,32,36)/b20-11-. The van der Waals surface area contributed by atoms with Crippen LogP contribution in [0.1, 0.15) is 18.1 Å². The van der Waals surface area contributed by atoms with Crippen LogP contribution in [0.3, 0.4) is 0 Å². The Morgan fingerprint density at radius 3 is 2.39 bits per heavy atom. The monoisotopic (exact) mass is 632 g/mol. The van der Waals surface area contributed by atoms with Crippen LogP contribution in [-0.4, -0.2) is 23.5 Å². The number of rotatable bonds is 7. The van der Waals surface area contributed by atoms with Gasteiger partial charge in [0.25, 0.3) is 11.8 Å². The topological polar surface area (TPSA) is 67.9 Å². The molecular weight excluding hydrogens is 615 g/mol. The van der Waals surface area contributed by atoms with Gasteiger partial charge in [0, 0.05) is 4.47 Å². The molecule has 2 amide bonds. The SMILES string of the molecule is CCOc1cc(/C=C2/C(=O)NC(=S)N(c3ccc(F)cc3)C2=O)cc(Br)c1OCc1ccc(Br)cc1. The number of thiocarbonyl (C=S) groups is 1. The molecule has 0 aliphatic carbocycles. The second-order valence-corrected chi connectivity index (χ2v) is 9.77. The first-order valence-electron chi connectivity index (χ1n) is 10.8. The summed E-state index contributed by atoms with van der Waals surface area (Å²) in [4.78, 5) is 27.0. The molecule has 6 nitrogen and oxygen atoms in total. The molecule has 3 aromatic rings. The van der Waals surface area contributed by atoms with Gasteiger partial charge in [-0.15, -0.1) is 0 Å². The first kappa shape index (κ1) is 26.0. The van der Waals surface area contributed by atoms with Crippen molar-refractivity contribution in [2.24, 2.45) is 0 Å². The van der Waals surface area contributed by atoms with E-state index in [1.54, 1.807) is 12.1 Å². The predicted octanol–water partition coefficient (Wildman–Crippen LogP) is 6.16. The molecule has 1 N–H and O–H groups in total. The van der Waals surface area contributed by atoms with Crippen LogP contribution >= 0.6 is 44.1 Å². The van der Waals surface area contributed by atoms with E-state index in [1.165, 1.54) is 30.3 Å². The van der Waals surface area contributed by atoms with E-state index in [0.717, 1.165) is 14.9 Å². The third kappa shape index (κ3) is 5.83. The summed E-state index contributed by atoms with van der Waals surface area (Å²) < 4.78 is 26.7. The van der Waals surface area contributed by atoms with Gasteiger partial charge in [-0.1, -0.05) is 28.1 Å². The minimum absolute atomic E-state index is 0.0818. The quantitative estimate of drug-likeness (QED) is 0.192. The van der Waals surface area contributed by atoms with Crippen molar-refractivity contribution in [3.63, 3.8) is 0 Å². The number of carbonyl (C=O) groups excluding carboxylic acids is 2. The molecule has 0 radical (unpaired) electrons. The molecule has 3 aromatic carbocycles. The zero-order valence-corrected chi connectivity index (χ0v) is 22.9. The summed E-state index contributed by atoms with van der Waals surface area (Å²) >= 11 is 12.1. The van der Waals surface area contributed by atoms with Crippen molar-refractivity contribution in [1.29, 1.82) is 0 Å². The second kappa shape index (κ2) is 11.3. The van der Waals surface area contributed by atoms with Gasteiger partial charge in [-0.2, -0.15) is 0 Å². The average Bonchev–Trinajstić information content (AvgIpc) is 2.83. The highest BCUT2D eigenvalue weighted by Gasteiger charge is 2.34. The minimum atomic E-state index is -0.631. The Labute approximate surface area is 229 Å². The molecule has 1 saturated heterocycles. The summed E-state index contributed by atoms with van der Waals surface area (Å²) in [5.41, 5.74) is 1.71. The number of anilines is 1. The van der Waals surface area contributed by atoms with E-state index >= 15 is 0 Å². The van der Waals surface area contributed by atoms with E-state index in [2.05, 4.69) is 37.2 Å². The third-order valence-corrected chi connectivity index (χ3v) is 6.53. The molecule has 0 unspecified atom stereocenters. The van der Waals surface area contributed by atoms with Gasteiger partial charge in [-0.3, -0.25) is 19.8 Å². The smallest absolute Gasteiger partial charge is 0.270 e. The maximum absolute atomic E-state index is 13.4. The van der Waals surface area contributed by atoms with Crippen molar-refractivity contribution in [1.82, 2.24) is 5.32 Å². The van der Waals surface area contributed by atoms with E-state index in [1.807, 2.05) is 31.2 Å². The lowest BCUT2D eigenvalue weighted by molar-refractivity contribution is -0.122. The van der Waals surface area contributed by atoms with E-state index < -0.39 is 17.6 Å². The number of nitrogens with zero attached hydrogens (tertiary/aromatic N) is 1. The van der Waals surface area contributed by atoms with Gasteiger partial charge >= 0.3 is 0 Å². The van der Waals surface area contributed by atoms with Gasteiger partial charge in [0.15, 0.2) is 16.6 Å². The fourth-order valence-electron chi connectivity index (χ4n) is 3.46. The first-order valence-corrected chi connectivity index (χ1v) is 12.8. The molecule has 10 heteroatoms. The third-order valence-electron chi connectivity index (χ3n) is 5.13. The van der Waals surface area contributed by atoms with Crippen molar-refractivity contribution >= 4 is 72.8 Å². The predicted molar refractivity (Wildman–Crippen MR) is 146 cm³/mol. The maximum atomic E-state index is 13.4. The average molecular weight is 634 g/mol. The lowest BCUT2D eigenvalue weighted by Crippen LogP contribution is -2.54. The van der Waals surface area contributed by atoms with Crippen molar-refractivity contribution in [3.8, 4) is 11.5 Å². The molecule has 0 atom stereocenters. The van der Waals surface area contributed by atoms with Crippen LogP contribution in [0.15, 0.2) is 75.2 Å². The summed E-state index contributed by atoms with van der Waals surface area (Å²) in [5, 5.41) is 2.43. The zero-order valence-electron chi connectivity index (χ0n) is 18.9. The molecule has 184 valence electrons. The Morgan fingerprint density at radius 2 is 1.72 bits per heavy atom. The van der Waals surface area contributed by atoms with Crippen LogP contribution in [0.5, 0.6) is 11.5 Å². The van der Waals surface area contributed by atoms with Crippen molar-refractivity contribution in [2.45, 2.75) is 13.5 Å². The van der Waals surface area contributed by atoms with Crippen LogP contribution in [0.2, 0.25) is 0 Å². The van der Waals surface area contributed by atoms with E-state index in [-0.39, 0.29) is 10.7 Å². The molecule has 4 rings (SSSR count). The van der Waals surface area contributed by atoms with Crippen LogP contribution < -0.4 is 19.7 Å². The number of halogens is 3. The summed E-state index contributed by atoms with van der Waals surface area (Å²) in [6, 6.07) is 16.4. The van der Waals surface area contributed by atoms with Crippen molar-refractivity contribution in [3.05, 3.63) is 92.1 Å². The maximum Gasteiger partial charge on any atom is 0.270 e. The highest BCUT2D eigenvalue weighted by Crippen LogP contribution is 2.38. The highest BCUT2D eigenvalue weighted by molar-refractivity contribution is 9.10. The lowest BCUT2D eigenvalue weighted by atomic mass is 10.1. The summed E-state index contributed by atoms with van der Waals surface area (Å²) in [6.07, 6.45) is 1.45. The van der Waals surface area contributed by atoms with Gasteiger partial charge < -0.3 is 9.47 Å². The Bertz CT molecular complexity index is 1360. The summed E-state index contributed by atoms with van der Waals surface area (Å²) in [7, 11) is 0. The number of hydrogen-bond acceptors (Lipinski definition) is 5. The van der Waals surface area contributed by atoms with Crippen molar-refractivity contribution < 1.29 is 23.5 Å². The molecule has 1 heterocycles. The first-order chi connectivity index (χ1) is 17.3. The number of carbonyl (C=O) groups is 2. The largest absolute Gasteiger partial charge is 0.490 e. The molecule has 36 heavy (non-hydrogen) atoms. The van der Waals surface area contributed by atoms with Gasteiger partial charge in [-0.25, -0.2) is 4.39 Å². The van der Waals surface area contributed by atoms with Gasteiger partial charge in [0.1, 0.15) is 18.0 Å². The molecule has 1 aliphatic rings. The fraction of sp³-hybridized carbons (Fsp3) is 0.115.